The summed E-state index contributed by atoms with van der Waals surface area (Å²) in [4.78, 5) is 29.7. The maximum absolute atomic E-state index is 12.4. The van der Waals surface area contributed by atoms with E-state index in [1.54, 1.807) is 6.20 Å². The minimum absolute atomic E-state index is 0.0739. The van der Waals surface area contributed by atoms with Crippen LogP contribution in [0.5, 0.6) is 0 Å². The molecule has 0 radical (unpaired) electrons. The van der Waals surface area contributed by atoms with E-state index in [9.17, 15) is 9.59 Å². The number of aliphatic carboxylic acids is 1. The fraction of sp³-hybridized carbons (Fsp3) is 0.632. The zero-order chi connectivity index (χ0) is 17.4. The van der Waals surface area contributed by atoms with Crippen LogP contribution < -0.4 is 5.32 Å². The molecule has 0 saturated heterocycles. The summed E-state index contributed by atoms with van der Waals surface area (Å²) >= 11 is 0. The fourth-order valence-electron chi connectivity index (χ4n) is 3.91. The number of rotatable bonds is 8. The van der Waals surface area contributed by atoms with Crippen LogP contribution in [0.25, 0.3) is 0 Å². The van der Waals surface area contributed by atoms with E-state index in [1.165, 1.54) is 12.8 Å². The van der Waals surface area contributed by atoms with Crippen LogP contribution in [0.4, 0.5) is 0 Å². The molecule has 0 bridgehead atoms. The van der Waals surface area contributed by atoms with E-state index in [0.29, 0.717) is 17.9 Å². The lowest BCUT2D eigenvalue weighted by atomic mass is 9.85. The Bertz CT molecular complexity index is 641. The molecule has 6 nitrogen and oxygen atoms in total. The van der Waals surface area contributed by atoms with Crippen molar-refractivity contribution in [2.45, 2.75) is 50.1 Å². The monoisotopic (exact) mass is 343 g/mol. The topological polar surface area (TPSA) is 82.5 Å². The van der Waals surface area contributed by atoms with Gasteiger partial charge in [-0.1, -0.05) is 6.07 Å². The van der Waals surface area contributed by atoms with E-state index in [1.807, 2.05) is 18.3 Å². The van der Waals surface area contributed by atoms with Crippen LogP contribution in [-0.4, -0.2) is 52.0 Å². The van der Waals surface area contributed by atoms with Crippen LogP contribution in [0.15, 0.2) is 24.5 Å². The number of carboxylic acid groups (broad SMARTS) is 1. The summed E-state index contributed by atoms with van der Waals surface area (Å²) < 4.78 is 0. The predicted molar refractivity (Wildman–Crippen MR) is 92.0 cm³/mol. The number of carbonyl (C=O) groups excluding carboxylic acids is 1. The van der Waals surface area contributed by atoms with Crippen molar-refractivity contribution in [3.8, 4) is 0 Å². The summed E-state index contributed by atoms with van der Waals surface area (Å²) in [6, 6.07) is 4.45. The Morgan fingerprint density at radius 1 is 1.28 bits per heavy atom. The third-order valence-electron chi connectivity index (χ3n) is 5.74. The highest BCUT2D eigenvalue weighted by molar-refractivity contribution is 5.83. The predicted octanol–water partition coefficient (Wildman–Crippen LogP) is 1.63. The highest BCUT2D eigenvalue weighted by Gasteiger charge is 2.46. The van der Waals surface area contributed by atoms with Gasteiger partial charge in [-0.15, -0.1) is 0 Å². The van der Waals surface area contributed by atoms with Gasteiger partial charge in [-0.2, -0.15) is 0 Å². The normalized spacial score (nSPS) is 30.6. The number of carbonyl (C=O) groups is 2. The van der Waals surface area contributed by atoms with Crippen molar-refractivity contribution in [1.82, 2.24) is 15.2 Å². The number of nitrogens with one attached hydrogen (secondary N) is 1. The Hall–Kier alpha value is -1.95. The lowest BCUT2D eigenvalue weighted by molar-refractivity contribution is -0.140. The SMILES string of the molecule is O=C(O)CN(CC1CC1)C1CC(NC(=O)C2CC2c2cccnc2)C1. The minimum atomic E-state index is -0.759. The molecule has 3 aliphatic rings. The van der Waals surface area contributed by atoms with Crippen molar-refractivity contribution in [2.75, 3.05) is 13.1 Å². The number of aromatic nitrogens is 1. The first-order valence-corrected chi connectivity index (χ1v) is 9.26. The first-order chi connectivity index (χ1) is 12.1. The molecule has 0 spiro atoms. The maximum atomic E-state index is 12.4. The largest absolute Gasteiger partial charge is 0.480 e. The molecule has 25 heavy (non-hydrogen) atoms. The second-order valence-electron chi connectivity index (χ2n) is 7.83. The summed E-state index contributed by atoms with van der Waals surface area (Å²) in [5.74, 6) is 0.446. The minimum Gasteiger partial charge on any atom is -0.480 e. The number of hydrogen-bond donors (Lipinski definition) is 2. The molecule has 1 heterocycles. The van der Waals surface area contributed by atoms with Gasteiger partial charge in [-0.3, -0.25) is 19.5 Å². The van der Waals surface area contributed by atoms with E-state index in [2.05, 4.69) is 15.2 Å². The van der Waals surface area contributed by atoms with Crippen LogP contribution in [0.2, 0.25) is 0 Å². The van der Waals surface area contributed by atoms with Crippen LogP contribution in [0.3, 0.4) is 0 Å². The Labute approximate surface area is 147 Å². The Kier molecular flexibility index (Phi) is 4.46. The van der Waals surface area contributed by atoms with Gasteiger partial charge in [0.25, 0.3) is 0 Å². The second kappa shape index (κ2) is 6.75. The molecular formula is C19H25N3O3. The molecule has 0 aliphatic heterocycles. The number of pyridine rings is 1. The zero-order valence-electron chi connectivity index (χ0n) is 14.3. The summed E-state index contributed by atoms with van der Waals surface area (Å²) in [6.07, 6.45) is 8.69. The molecule has 3 saturated carbocycles. The van der Waals surface area contributed by atoms with E-state index < -0.39 is 5.97 Å². The Morgan fingerprint density at radius 3 is 2.72 bits per heavy atom. The molecule has 1 aromatic rings. The number of amides is 1. The molecule has 1 aromatic heterocycles. The van der Waals surface area contributed by atoms with Gasteiger partial charge in [0.1, 0.15) is 0 Å². The first kappa shape index (κ1) is 16.5. The van der Waals surface area contributed by atoms with E-state index >= 15 is 0 Å². The van der Waals surface area contributed by atoms with Crippen molar-refractivity contribution in [2.24, 2.45) is 11.8 Å². The summed E-state index contributed by atoms with van der Waals surface area (Å²) in [5, 5.41) is 12.3. The van der Waals surface area contributed by atoms with Gasteiger partial charge in [0.15, 0.2) is 0 Å². The van der Waals surface area contributed by atoms with Gasteiger partial charge >= 0.3 is 5.97 Å². The maximum Gasteiger partial charge on any atom is 0.317 e. The third-order valence-corrected chi connectivity index (χ3v) is 5.74. The molecule has 4 rings (SSSR count). The quantitative estimate of drug-likeness (QED) is 0.750. The lowest BCUT2D eigenvalue weighted by Crippen LogP contribution is -2.55. The van der Waals surface area contributed by atoms with E-state index in [4.69, 9.17) is 5.11 Å². The highest BCUT2D eigenvalue weighted by atomic mass is 16.4. The molecule has 2 unspecified atom stereocenters. The van der Waals surface area contributed by atoms with Gasteiger partial charge in [-0.25, -0.2) is 0 Å². The summed E-state index contributed by atoms with van der Waals surface area (Å²) in [5.41, 5.74) is 1.14. The van der Waals surface area contributed by atoms with Crippen LogP contribution >= 0.6 is 0 Å². The van der Waals surface area contributed by atoms with Gasteiger partial charge in [-0.05, 0) is 55.6 Å². The third kappa shape index (κ3) is 4.00. The smallest absolute Gasteiger partial charge is 0.317 e. The van der Waals surface area contributed by atoms with Crippen molar-refractivity contribution in [3.05, 3.63) is 30.1 Å². The summed E-state index contributed by atoms with van der Waals surface area (Å²) in [6.45, 7) is 1.01. The number of nitrogens with zero attached hydrogens (tertiary/aromatic N) is 2. The van der Waals surface area contributed by atoms with Gasteiger partial charge in [0, 0.05) is 36.9 Å². The highest BCUT2D eigenvalue weighted by Crippen LogP contribution is 2.47. The van der Waals surface area contributed by atoms with Crippen molar-refractivity contribution >= 4 is 11.9 Å². The Morgan fingerprint density at radius 2 is 2.08 bits per heavy atom. The molecule has 3 aliphatic carbocycles. The van der Waals surface area contributed by atoms with Gasteiger partial charge < -0.3 is 10.4 Å². The van der Waals surface area contributed by atoms with Gasteiger partial charge in [0.05, 0.1) is 6.54 Å². The van der Waals surface area contributed by atoms with E-state index in [0.717, 1.165) is 31.4 Å². The average Bonchev–Trinajstić information content (AvgIpc) is 3.43. The fourth-order valence-corrected chi connectivity index (χ4v) is 3.91. The van der Waals surface area contributed by atoms with Gasteiger partial charge in [0.2, 0.25) is 5.91 Å². The lowest BCUT2D eigenvalue weighted by Gasteiger charge is -2.42. The number of hydrogen-bond acceptors (Lipinski definition) is 4. The molecule has 6 heteroatoms. The molecule has 2 atom stereocenters. The summed E-state index contributed by atoms with van der Waals surface area (Å²) in [7, 11) is 0. The van der Waals surface area contributed by atoms with Crippen molar-refractivity contribution < 1.29 is 14.7 Å². The number of carboxylic acids is 1. The molecule has 1 amide bonds. The van der Waals surface area contributed by atoms with Crippen molar-refractivity contribution in [1.29, 1.82) is 0 Å². The molecule has 2 N–H and O–H groups in total. The molecule has 3 fully saturated rings. The second-order valence-corrected chi connectivity index (χ2v) is 7.83. The average molecular weight is 343 g/mol. The Balaban J connectivity index is 1.22. The molecule has 0 aromatic carbocycles. The molecular weight excluding hydrogens is 318 g/mol. The van der Waals surface area contributed by atoms with E-state index in [-0.39, 0.29) is 24.4 Å². The zero-order valence-corrected chi connectivity index (χ0v) is 14.3. The standard InChI is InChI=1S/C19H25N3O3/c23-18(24)11-22(10-12-3-4-12)15-6-14(7-15)21-19(25)17-8-16(17)13-2-1-5-20-9-13/h1-2,5,9,12,14-17H,3-4,6-8,10-11H2,(H,21,25)(H,23,24). The van der Waals surface area contributed by atoms with Crippen LogP contribution in [-0.2, 0) is 9.59 Å². The molecule has 134 valence electrons. The van der Waals surface area contributed by atoms with Crippen LogP contribution in [0, 0.1) is 11.8 Å². The first-order valence-electron chi connectivity index (χ1n) is 9.26. The van der Waals surface area contributed by atoms with Crippen LogP contribution in [0.1, 0.15) is 43.6 Å². The van der Waals surface area contributed by atoms with Crippen molar-refractivity contribution in [3.63, 3.8) is 0 Å².